The van der Waals surface area contributed by atoms with Crippen LogP contribution >= 0.6 is 34.2 Å². The largest absolute Gasteiger partial charge is 0.481 e. The molecule has 5 nitrogen and oxygen atoms in total. The fourth-order valence-corrected chi connectivity index (χ4v) is 2.25. The molecule has 7 heteroatoms. The Balaban J connectivity index is 2.12. The summed E-state index contributed by atoms with van der Waals surface area (Å²) in [5.41, 5.74) is 0.782. The highest BCUT2D eigenvalue weighted by molar-refractivity contribution is 14.1. The molecule has 2 aromatic rings. The number of hydrogen-bond acceptors (Lipinski definition) is 4. The number of aliphatic carboxylic acids is 1. The van der Waals surface area contributed by atoms with Gasteiger partial charge in [-0.05, 0) is 47.2 Å². The molecule has 1 aromatic heterocycles. The summed E-state index contributed by atoms with van der Waals surface area (Å²) in [6, 6.07) is 5.42. The number of carbonyl (C=O) groups is 1. The van der Waals surface area contributed by atoms with Gasteiger partial charge in [-0.1, -0.05) is 11.6 Å². The first kappa shape index (κ1) is 14.3. The molecule has 0 unspecified atom stereocenters. The molecule has 0 fully saturated rings. The number of carboxylic acids is 1. The number of nitrogens with zero attached hydrogens (tertiary/aromatic N) is 2. The predicted molar refractivity (Wildman–Crippen MR) is 78.0 cm³/mol. The van der Waals surface area contributed by atoms with Gasteiger partial charge in [0, 0.05) is 21.4 Å². The average Bonchev–Trinajstić information content (AvgIpc) is 2.80. The first-order valence-corrected chi connectivity index (χ1v) is 7.01. The van der Waals surface area contributed by atoms with Gasteiger partial charge in [-0.2, -0.15) is 0 Å². The molecule has 0 spiro atoms. The van der Waals surface area contributed by atoms with Gasteiger partial charge in [0.15, 0.2) is 0 Å². The van der Waals surface area contributed by atoms with Crippen molar-refractivity contribution in [2.45, 2.75) is 19.3 Å². The third-order valence-corrected chi connectivity index (χ3v) is 3.58. The molecule has 1 heterocycles. The zero-order valence-electron chi connectivity index (χ0n) is 9.77. The van der Waals surface area contributed by atoms with E-state index in [1.165, 1.54) is 0 Å². The van der Waals surface area contributed by atoms with Crippen LogP contribution in [-0.4, -0.2) is 21.3 Å². The number of aromatic nitrogens is 2. The molecule has 0 atom stereocenters. The third kappa shape index (κ3) is 3.90. The highest BCUT2D eigenvalue weighted by Gasteiger charge is 2.12. The summed E-state index contributed by atoms with van der Waals surface area (Å²) in [5, 5.41) is 17.0. The van der Waals surface area contributed by atoms with E-state index in [-0.39, 0.29) is 6.42 Å². The number of hydrogen-bond donors (Lipinski definition) is 1. The fraction of sp³-hybridized carbons (Fsp3) is 0.250. The Morgan fingerprint density at radius 3 is 2.95 bits per heavy atom. The molecule has 1 aromatic carbocycles. The minimum Gasteiger partial charge on any atom is -0.481 e. The van der Waals surface area contributed by atoms with E-state index >= 15 is 0 Å². The van der Waals surface area contributed by atoms with E-state index in [4.69, 9.17) is 21.1 Å². The highest BCUT2D eigenvalue weighted by Crippen LogP contribution is 2.27. The second-order valence-electron chi connectivity index (χ2n) is 3.87. The monoisotopic (exact) mass is 392 g/mol. The van der Waals surface area contributed by atoms with Gasteiger partial charge in [-0.15, -0.1) is 10.2 Å². The van der Waals surface area contributed by atoms with Crippen LogP contribution in [0, 0.1) is 3.57 Å². The molecule has 0 amide bonds. The predicted octanol–water partition coefficient (Wildman–Crippen LogP) is 3.40. The van der Waals surface area contributed by atoms with Crippen molar-refractivity contribution < 1.29 is 14.3 Å². The Morgan fingerprint density at radius 2 is 2.21 bits per heavy atom. The molecule has 0 aliphatic rings. The van der Waals surface area contributed by atoms with Crippen molar-refractivity contribution in [1.82, 2.24) is 10.2 Å². The highest BCUT2D eigenvalue weighted by atomic mass is 127. The summed E-state index contributed by atoms with van der Waals surface area (Å²) in [4.78, 5) is 10.4. The zero-order valence-corrected chi connectivity index (χ0v) is 12.7. The smallest absolute Gasteiger partial charge is 0.303 e. The lowest BCUT2D eigenvalue weighted by Gasteiger charge is -1.99. The van der Waals surface area contributed by atoms with Gasteiger partial charge in [0.1, 0.15) is 0 Å². The topological polar surface area (TPSA) is 76.2 Å². The van der Waals surface area contributed by atoms with Crippen LogP contribution in [0.15, 0.2) is 22.6 Å². The van der Waals surface area contributed by atoms with Gasteiger partial charge in [0.2, 0.25) is 11.8 Å². The van der Waals surface area contributed by atoms with Gasteiger partial charge in [0.05, 0.1) is 5.56 Å². The summed E-state index contributed by atoms with van der Waals surface area (Å²) >= 11 is 8.10. The van der Waals surface area contributed by atoms with E-state index in [1.54, 1.807) is 12.1 Å². The van der Waals surface area contributed by atoms with Crippen LogP contribution in [0.4, 0.5) is 0 Å². The molecule has 100 valence electrons. The van der Waals surface area contributed by atoms with Crippen molar-refractivity contribution in [3.63, 3.8) is 0 Å². The Labute approximate surface area is 128 Å². The lowest BCUT2D eigenvalue weighted by molar-refractivity contribution is -0.137. The van der Waals surface area contributed by atoms with Gasteiger partial charge >= 0.3 is 5.97 Å². The summed E-state index contributed by atoms with van der Waals surface area (Å²) in [5.74, 6) is 0.00776. The quantitative estimate of drug-likeness (QED) is 0.789. The van der Waals surface area contributed by atoms with E-state index in [9.17, 15) is 4.79 Å². The van der Waals surface area contributed by atoms with Crippen molar-refractivity contribution in [2.75, 3.05) is 0 Å². The van der Waals surface area contributed by atoms with E-state index in [0.717, 1.165) is 9.13 Å². The number of benzene rings is 1. The maximum Gasteiger partial charge on any atom is 0.303 e. The van der Waals surface area contributed by atoms with Crippen molar-refractivity contribution >= 4 is 40.2 Å². The summed E-state index contributed by atoms with van der Waals surface area (Å²) in [7, 11) is 0. The van der Waals surface area contributed by atoms with Crippen molar-refractivity contribution in [1.29, 1.82) is 0 Å². The average molecular weight is 393 g/mol. The zero-order chi connectivity index (χ0) is 13.8. The molecule has 0 radical (unpaired) electrons. The first-order chi connectivity index (χ1) is 9.06. The van der Waals surface area contributed by atoms with Crippen molar-refractivity contribution in [2.24, 2.45) is 0 Å². The molecule has 0 saturated heterocycles. The third-order valence-electron chi connectivity index (χ3n) is 2.41. The molecule has 2 rings (SSSR count). The van der Waals surface area contributed by atoms with Gasteiger partial charge in [0.25, 0.3) is 0 Å². The van der Waals surface area contributed by atoms with Gasteiger partial charge in [-0.25, -0.2) is 0 Å². The standard InChI is InChI=1S/C12H10ClIN2O3/c13-7-4-5-9(14)8(6-7)12-16-15-10(19-12)2-1-3-11(17)18/h4-6H,1-3H2,(H,17,18). The molecule has 0 aliphatic carbocycles. The molecule has 0 aliphatic heterocycles. The lowest BCUT2D eigenvalue weighted by atomic mass is 10.2. The molecule has 0 bridgehead atoms. The Bertz CT molecular complexity index is 600. The maximum atomic E-state index is 10.4. The second kappa shape index (κ2) is 6.33. The summed E-state index contributed by atoms with van der Waals surface area (Å²) in [6.45, 7) is 0. The molecule has 19 heavy (non-hydrogen) atoms. The van der Waals surface area contributed by atoms with E-state index in [1.807, 2.05) is 6.07 Å². The fourth-order valence-electron chi connectivity index (χ4n) is 1.52. The van der Waals surface area contributed by atoms with Crippen molar-refractivity contribution in [3.05, 3.63) is 32.7 Å². The van der Waals surface area contributed by atoms with Crippen LogP contribution in [0.5, 0.6) is 0 Å². The SMILES string of the molecule is O=C(O)CCCc1nnc(-c2cc(Cl)ccc2I)o1. The first-order valence-electron chi connectivity index (χ1n) is 5.56. The van der Waals surface area contributed by atoms with Gasteiger partial charge < -0.3 is 9.52 Å². The number of aryl methyl sites for hydroxylation is 1. The van der Waals surface area contributed by atoms with E-state index in [2.05, 4.69) is 32.8 Å². The minimum atomic E-state index is -0.830. The van der Waals surface area contributed by atoms with Crippen LogP contribution in [-0.2, 0) is 11.2 Å². The van der Waals surface area contributed by atoms with Crippen LogP contribution in [0.3, 0.4) is 0 Å². The van der Waals surface area contributed by atoms with Crippen LogP contribution in [0.25, 0.3) is 11.5 Å². The lowest BCUT2D eigenvalue weighted by Crippen LogP contribution is -1.95. The second-order valence-corrected chi connectivity index (χ2v) is 5.47. The molecular formula is C12H10ClIN2O3. The maximum absolute atomic E-state index is 10.4. The number of carboxylic acid groups (broad SMARTS) is 1. The van der Waals surface area contributed by atoms with Crippen LogP contribution in [0.2, 0.25) is 5.02 Å². The van der Waals surface area contributed by atoms with Crippen LogP contribution in [0.1, 0.15) is 18.7 Å². The Morgan fingerprint density at radius 1 is 1.42 bits per heavy atom. The minimum absolute atomic E-state index is 0.0897. The summed E-state index contributed by atoms with van der Waals surface area (Å²) in [6.07, 6.45) is 1.02. The van der Waals surface area contributed by atoms with Gasteiger partial charge in [-0.3, -0.25) is 4.79 Å². The number of halogens is 2. The Kier molecular flexibility index (Phi) is 4.76. The van der Waals surface area contributed by atoms with Crippen LogP contribution < -0.4 is 0 Å². The van der Waals surface area contributed by atoms with E-state index in [0.29, 0.717) is 29.6 Å². The van der Waals surface area contributed by atoms with Crippen molar-refractivity contribution in [3.8, 4) is 11.5 Å². The summed E-state index contributed by atoms with van der Waals surface area (Å²) < 4.78 is 6.47. The normalized spacial score (nSPS) is 10.6. The molecular weight excluding hydrogens is 382 g/mol. The number of rotatable bonds is 5. The molecule has 1 N–H and O–H groups in total. The van der Waals surface area contributed by atoms with E-state index < -0.39 is 5.97 Å². The Hall–Kier alpha value is -1.15. The molecule has 0 saturated carbocycles.